The number of piperidine rings is 1. The van der Waals surface area contributed by atoms with Gasteiger partial charge in [-0.05, 0) is 37.1 Å². The van der Waals surface area contributed by atoms with Gasteiger partial charge >= 0.3 is 0 Å². The van der Waals surface area contributed by atoms with Gasteiger partial charge in [0.2, 0.25) is 0 Å². The third kappa shape index (κ3) is 3.93. The number of alkyl halides is 2. The molecule has 0 saturated carbocycles. The van der Waals surface area contributed by atoms with Crippen LogP contribution in [0, 0.1) is 0 Å². The number of β-amino-alcohol motifs (C(OH)–C–C–N with tert-alkyl or cyclic N) is 1. The van der Waals surface area contributed by atoms with E-state index < -0.39 is 11.4 Å². The molecule has 0 aliphatic carbocycles. The van der Waals surface area contributed by atoms with Crippen molar-refractivity contribution in [2.75, 3.05) is 13.1 Å². The number of benzene rings is 1. The zero-order valence-electron chi connectivity index (χ0n) is 10.0. The maximum absolute atomic E-state index is 12.2. The summed E-state index contributed by atoms with van der Waals surface area (Å²) in [5, 5.41) is 13.5. The molecule has 2 nitrogen and oxygen atoms in total. The molecule has 1 aromatic carbocycles. The molecule has 0 bridgehead atoms. The van der Waals surface area contributed by atoms with E-state index in [4.69, 9.17) is 0 Å². The lowest BCUT2D eigenvalue weighted by Crippen LogP contribution is -2.47. The fourth-order valence-electron chi connectivity index (χ4n) is 2.27. The van der Waals surface area contributed by atoms with Gasteiger partial charge in [-0.3, -0.25) is 0 Å². The van der Waals surface area contributed by atoms with Crippen LogP contribution in [0.15, 0.2) is 29.2 Å². The van der Waals surface area contributed by atoms with Gasteiger partial charge in [-0.1, -0.05) is 23.9 Å². The number of hydrogen-bond donors (Lipinski definition) is 2. The van der Waals surface area contributed by atoms with E-state index in [1.54, 1.807) is 12.1 Å². The highest BCUT2D eigenvalue weighted by molar-refractivity contribution is 7.99. The Labute approximate surface area is 110 Å². The van der Waals surface area contributed by atoms with Gasteiger partial charge < -0.3 is 10.4 Å². The average Bonchev–Trinajstić information content (AvgIpc) is 2.31. The first-order chi connectivity index (χ1) is 8.57. The summed E-state index contributed by atoms with van der Waals surface area (Å²) in [6, 6.07) is 7.01. The molecule has 1 saturated heterocycles. The van der Waals surface area contributed by atoms with E-state index in [-0.39, 0.29) is 0 Å². The molecule has 2 rings (SSSR count). The highest BCUT2D eigenvalue weighted by atomic mass is 32.2. The number of aliphatic hydroxyl groups is 1. The third-order valence-electron chi connectivity index (χ3n) is 3.13. The Morgan fingerprint density at radius 2 is 2.06 bits per heavy atom. The van der Waals surface area contributed by atoms with Crippen molar-refractivity contribution in [3.63, 3.8) is 0 Å². The molecule has 5 heteroatoms. The normalized spacial score (nSPS) is 24.4. The lowest BCUT2D eigenvalue weighted by molar-refractivity contribution is 0.0169. The van der Waals surface area contributed by atoms with Gasteiger partial charge in [-0.2, -0.15) is 8.78 Å². The van der Waals surface area contributed by atoms with E-state index >= 15 is 0 Å². The Balaban J connectivity index is 1.97. The second kappa shape index (κ2) is 5.99. The predicted octanol–water partition coefficient (Wildman–Crippen LogP) is 2.66. The van der Waals surface area contributed by atoms with Gasteiger partial charge in [0.1, 0.15) is 0 Å². The summed E-state index contributed by atoms with van der Waals surface area (Å²) in [4.78, 5) is 0.558. The summed E-state index contributed by atoms with van der Waals surface area (Å²) < 4.78 is 24.3. The van der Waals surface area contributed by atoms with Crippen molar-refractivity contribution >= 4 is 11.8 Å². The van der Waals surface area contributed by atoms with Crippen LogP contribution in [-0.4, -0.2) is 29.6 Å². The third-order valence-corrected chi connectivity index (χ3v) is 3.85. The lowest BCUT2D eigenvalue weighted by Gasteiger charge is -2.32. The van der Waals surface area contributed by atoms with E-state index in [0.29, 0.717) is 29.6 Å². The highest BCUT2D eigenvalue weighted by Gasteiger charge is 2.29. The van der Waals surface area contributed by atoms with Crippen LogP contribution in [0.4, 0.5) is 8.78 Å². The molecular weight excluding hydrogens is 256 g/mol. The number of thioether (sulfide) groups is 1. The van der Waals surface area contributed by atoms with Crippen molar-refractivity contribution in [3.05, 3.63) is 29.8 Å². The van der Waals surface area contributed by atoms with Crippen LogP contribution in [0.3, 0.4) is 0 Å². The van der Waals surface area contributed by atoms with Crippen molar-refractivity contribution in [3.8, 4) is 0 Å². The molecule has 0 spiro atoms. The van der Waals surface area contributed by atoms with E-state index in [9.17, 15) is 13.9 Å². The summed E-state index contributed by atoms with van der Waals surface area (Å²) in [6.07, 6.45) is 2.32. The van der Waals surface area contributed by atoms with Crippen molar-refractivity contribution < 1.29 is 13.9 Å². The first kappa shape index (κ1) is 13.8. The highest BCUT2D eigenvalue weighted by Crippen LogP contribution is 2.27. The van der Waals surface area contributed by atoms with E-state index in [1.165, 1.54) is 0 Å². The molecule has 0 aromatic heterocycles. The summed E-state index contributed by atoms with van der Waals surface area (Å²) in [5.41, 5.74) is 0.287. The summed E-state index contributed by atoms with van der Waals surface area (Å²) in [7, 11) is 0. The smallest absolute Gasteiger partial charge is 0.288 e. The molecule has 1 fully saturated rings. The molecule has 1 aromatic rings. The summed E-state index contributed by atoms with van der Waals surface area (Å²) in [6.45, 7) is 1.55. The molecule has 0 radical (unpaired) electrons. The van der Waals surface area contributed by atoms with Crippen LogP contribution in [0.2, 0.25) is 0 Å². The Kier molecular flexibility index (Phi) is 4.59. The van der Waals surface area contributed by atoms with Crippen LogP contribution in [0.1, 0.15) is 18.4 Å². The maximum atomic E-state index is 12.2. The molecular formula is C13H17F2NOS. The topological polar surface area (TPSA) is 32.3 Å². The standard InChI is InChI=1S/C13H17F2NOS/c14-12(15)18-11-4-2-10(3-5-11)8-13(17)6-1-7-16-9-13/h2-5,12,16-17H,1,6-9H2. The molecule has 1 unspecified atom stereocenters. The minimum absolute atomic E-state index is 0.544. The molecule has 100 valence electrons. The zero-order valence-corrected chi connectivity index (χ0v) is 10.9. The van der Waals surface area contributed by atoms with Crippen LogP contribution in [-0.2, 0) is 6.42 Å². The Bertz CT molecular complexity index is 377. The summed E-state index contributed by atoms with van der Waals surface area (Å²) >= 11 is 0.544. The molecule has 18 heavy (non-hydrogen) atoms. The predicted molar refractivity (Wildman–Crippen MR) is 69.1 cm³/mol. The van der Waals surface area contributed by atoms with E-state index in [0.717, 1.165) is 24.9 Å². The number of nitrogens with one attached hydrogen (secondary N) is 1. The first-order valence-electron chi connectivity index (χ1n) is 6.04. The first-order valence-corrected chi connectivity index (χ1v) is 6.92. The fraction of sp³-hybridized carbons (Fsp3) is 0.538. The Hall–Kier alpha value is -0.650. The average molecular weight is 273 g/mol. The number of halogens is 2. The van der Waals surface area contributed by atoms with Crippen molar-refractivity contribution in [1.29, 1.82) is 0 Å². The second-order valence-electron chi connectivity index (χ2n) is 4.70. The maximum Gasteiger partial charge on any atom is 0.288 e. The number of hydrogen-bond acceptors (Lipinski definition) is 3. The van der Waals surface area contributed by atoms with Crippen LogP contribution in [0.25, 0.3) is 0 Å². The molecule has 0 amide bonds. The molecule has 1 atom stereocenters. The van der Waals surface area contributed by atoms with Gasteiger partial charge in [-0.25, -0.2) is 0 Å². The monoisotopic (exact) mass is 273 g/mol. The van der Waals surface area contributed by atoms with Gasteiger partial charge in [0, 0.05) is 17.9 Å². The quantitative estimate of drug-likeness (QED) is 0.827. The van der Waals surface area contributed by atoms with E-state index in [2.05, 4.69) is 5.32 Å². The SMILES string of the molecule is OC1(Cc2ccc(SC(F)F)cc2)CCCNC1. The van der Waals surface area contributed by atoms with E-state index in [1.807, 2.05) is 12.1 Å². The van der Waals surface area contributed by atoms with Gasteiger partial charge in [0.15, 0.2) is 0 Å². The second-order valence-corrected chi connectivity index (χ2v) is 5.77. The molecule has 2 N–H and O–H groups in total. The van der Waals surface area contributed by atoms with Crippen LogP contribution in [0.5, 0.6) is 0 Å². The fourth-order valence-corrected chi connectivity index (χ4v) is 2.77. The minimum atomic E-state index is -2.39. The Morgan fingerprint density at radius 3 is 2.61 bits per heavy atom. The molecule has 1 aliphatic heterocycles. The zero-order chi connectivity index (χ0) is 13.0. The van der Waals surface area contributed by atoms with Gasteiger partial charge in [-0.15, -0.1) is 0 Å². The van der Waals surface area contributed by atoms with Crippen molar-refractivity contribution in [2.24, 2.45) is 0 Å². The lowest BCUT2D eigenvalue weighted by atomic mass is 9.87. The Morgan fingerprint density at radius 1 is 1.33 bits per heavy atom. The van der Waals surface area contributed by atoms with Crippen molar-refractivity contribution in [1.82, 2.24) is 5.32 Å². The van der Waals surface area contributed by atoms with Crippen molar-refractivity contribution in [2.45, 2.75) is 35.5 Å². The molecule has 1 aliphatic rings. The largest absolute Gasteiger partial charge is 0.388 e. The summed E-state index contributed by atoms with van der Waals surface area (Å²) in [5.74, 6) is -2.39. The van der Waals surface area contributed by atoms with Crippen LogP contribution < -0.4 is 5.32 Å². The minimum Gasteiger partial charge on any atom is -0.388 e. The number of rotatable bonds is 4. The van der Waals surface area contributed by atoms with Gasteiger partial charge in [0.25, 0.3) is 5.76 Å². The van der Waals surface area contributed by atoms with Crippen LogP contribution >= 0.6 is 11.8 Å². The van der Waals surface area contributed by atoms with Gasteiger partial charge in [0.05, 0.1) is 5.60 Å². The molecule has 1 heterocycles.